The summed E-state index contributed by atoms with van der Waals surface area (Å²) in [6.07, 6.45) is 7.81. The molecule has 2 fully saturated rings. The fraction of sp³-hybridized carbons (Fsp3) is 0.762. The molecule has 3 rings (SSSR count). The van der Waals surface area contributed by atoms with E-state index in [9.17, 15) is 4.79 Å². The van der Waals surface area contributed by atoms with E-state index in [1.807, 2.05) is 6.20 Å². The van der Waals surface area contributed by atoms with Crippen LogP contribution in [0.5, 0.6) is 0 Å². The van der Waals surface area contributed by atoms with Crippen LogP contribution in [0.3, 0.4) is 0 Å². The van der Waals surface area contributed by atoms with E-state index in [0.29, 0.717) is 19.0 Å². The van der Waals surface area contributed by atoms with Crippen LogP contribution in [0, 0.1) is 0 Å². The van der Waals surface area contributed by atoms with Crippen LogP contribution in [0.2, 0.25) is 0 Å². The van der Waals surface area contributed by atoms with Crippen molar-refractivity contribution in [1.29, 1.82) is 0 Å². The molecule has 0 bridgehead atoms. The zero-order valence-corrected chi connectivity index (χ0v) is 18.8. The Bertz CT molecular complexity index is 660. The number of amides is 1. The predicted molar refractivity (Wildman–Crippen MR) is 119 cm³/mol. The van der Waals surface area contributed by atoms with Crippen molar-refractivity contribution in [3.63, 3.8) is 0 Å². The molecule has 0 unspecified atom stereocenters. The molecule has 0 spiro atoms. The first-order valence-electron chi connectivity index (χ1n) is 11.2. The highest BCUT2D eigenvalue weighted by atomic mass is 32.1. The zero-order valence-electron chi connectivity index (χ0n) is 18.0. The van der Waals surface area contributed by atoms with Gasteiger partial charge in [0, 0.05) is 56.9 Å². The monoisotopic (exact) mass is 420 g/mol. The van der Waals surface area contributed by atoms with Crippen molar-refractivity contribution in [3.8, 4) is 0 Å². The highest BCUT2D eigenvalue weighted by Crippen LogP contribution is 2.15. The van der Waals surface area contributed by atoms with Crippen molar-refractivity contribution in [2.45, 2.75) is 52.5 Å². The van der Waals surface area contributed by atoms with Crippen LogP contribution in [0.15, 0.2) is 11.2 Å². The van der Waals surface area contributed by atoms with E-state index in [0.717, 1.165) is 76.0 Å². The fourth-order valence-corrected chi connectivity index (χ4v) is 4.67. The van der Waals surface area contributed by atoms with Gasteiger partial charge in [-0.1, -0.05) is 19.8 Å². The SMILES string of the molecule is CCNC(=NCc1ncc(CC)s1)N1CCN(CC(=O)N2CCCCCC2)CC1. The quantitative estimate of drug-likeness (QED) is 0.565. The van der Waals surface area contributed by atoms with Crippen LogP contribution in [-0.2, 0) is 17.8 Å². The van der Waals surface area contributed by atoms with Gasteiger partial charge < -0.3 is 15.1 Å². The average Bonchev–Trinajstić information content (AvgIpc) is 3.03. The Kier molecular flexibility index (Phi) is 8.73. The Morgan fingerprint density at radius 3 is 2.41 bits per heavy atom. The number of carbonyl (C=O) groups excluding carboxylic acids is 1. The fourth-order valence-electron chi connectivity index (χ4n) is 3.88. The summed E-state index contributed by atoms with van der Waals surface area (Å²) in [7, 11) is 0. The number of nitrogens with one attached hydrogen (secondary N) is 1. The molecular weight excluding hydrogens is 384 g/mol. The molecule has 8 heteroatoms. The van der Waals surface area contributed by atoms with E-state index in [4.69, 9.17) is 4.99 Å². The molecule has 29 heavy (non-hydrogen) atoms. The Hall–Kier alpha value is -1.67. The van der Waals surface area contributed by atoms with E-state index in [2.05, 4.69) is 38.8 Å². The highest BCUT2D eigenvalue weighted by molar-refractivity contribution is 7.11. The first kappa shape index (κ1) is 22.0. The molecule has 1 aromatic heterocycles. The van der Waals surface area contributed by atoms with Gasteiger partial charge in [0.2, 0.25) is 5.91 Å². The van der Waals surface area contributed by atoms with Crippen molar-refractivity contribution in [2.24, 2.45) is 4.99 Å². The summed E-state index contributed by atoms with van der Waals surface area (Å²) in [5, 5.41) is 4.49. The highest BCUT2D eigenvalue weighted by Gasteiger charge is 2.23. The topological polar surface area (TPSA) is 64.1 Å². The van der Waals surface area contributed by atoms with Crippen LogP contribution >= 0.6 is 11.3 Å². The number of aryl methyl sites for hydroxylation is 1. The molecule has 3 heterocycles. The summed E-state index contributed by atoms with van der Waals surface area (Å²) in [5.41, 5.74) is 0. The van der Waals surface area contributed by atoms with E-state index in [1.54, 1.807) is 11.3 Å². The molecule has 2 aliphatic rings. The molecule has 1 amide bonds. The lowest BCUT2D eigenvalue weighted by atomic mass is 10.2. The Balaban J connectivity index is 1.48. The van der Waals surface area contributed by atoms with Gasteiger partial charge in [-0.3, -0.25) is 9.69 Å². The van der Waals surface area contributed by atoms with E-state index in [1.165, 1.54) is 17.7 Å². The van der Waals surface area contributed by atoms with Gasteiger partial charge in [-0.05, 0) is 26.2 Å². The second-order valence-electron chi connectivity index (χ2n) is 7.80. The summed E-state index contributed by atoms with van der Waals surface area (Å²) in [6, 6.07) is 0. The molecule has 0 aromatic carbocycles. The van der Waals surface area contributed by atoms with Crippen molar-refractivity contribution in [1.82, 2.24) is 25.0 Å². The number of aromatic nitrogens is 1. The van der Waals surface area contributed by atoms with E-state index < -0.39 is 0 Å². The maximum Gasteiger partial charge on any atom is 0.236 e. The minimum atomic E-state index is 0.302. The van der Waals surface area contributed by atoms with Crippen LogP contribution < -0.4 is 5.32 Å². The number of guanidine groups is 1. The third-order valence-electron chi connectivity index (χ3n) is 5.64. The molecule has 0 aliphatic carbocycles. The summed E-state index contributed by atoms with van der Waals surface area (Å²) < 4.78 is 0. The number of hydrogen-bond acceptors (Lipinski definition) is 5. The minimum absolute atomic E-state index is 0.302. The number of likely N-dealkylation sites (tertiary alicyclic amines) is 1. The first-order valence-corrected chi connectivity index (χ1v) is 12.0. The third kappa shape index (κ3) is 6.67. The standard InChI is InChI=1S/C21H36N6OS/c1-3-18-15-23-19(29-18)16-24-21(22-4-2)27-13-11-25(12-14-27)17-20(28)26-9-7-5-6-8-10-26/h15H,3-14,16-17H2,1-2H3,(H,22,24). The van der Waals surface area contributed by atoms with Crippen LogP contribution in [-0.4, -0.2) is 83.9 Å². The van der Waals surface area contributed by atoms with Crippen molar-refractivity contribution < 1.29 is 4.79 Å². The van der Waals surface area contributed by atoms with Gasteiger partial charge in [0.15, 0.2) is 5.96 Å². The first-order chi connectivity index (χ1) is 14.2. The number of hydrogen-bond donors (Lipinski definition) is 1. The lowest BCUT2D eigenvalue weighted by Crippen LogP contribution is -2.54. The van der Waals surface area contributed by atoms with Gasteiger partial charge in [0.05, 0.1) is 13.1 Å². The second-order valence-corrected chi connectivity index (χ2v) is 9.00. The summed E-state index contributed by atoms with van der Waals surface area (Å²) >= 11 is 1.75. The molecule has 2 saturated heterocycles. The predicted octanol–water partition coefficient (Wildman–Crippen LogP) is 2.19. The Morgan fingerprint density at radius 2 is 1.79 bits per heavy atom. The molecule has 1 N–H and O–H groups in total. The van der Waals surface area contributed by atoms with Gasteiger partial charge in [0.25, 0.3) is 0 Å². The number of piperazine rings is 1. The molecule has 7 nitrogen and oxygen atoms in total. The number of nitrogens with zero attached hydrogens (tertiary/aromatic N) is 5. The van der Waals surface area contributed by atoms with Gasteiger partial charge >= 0.3 is 0 Å². The second kappa shape index (κ2) is 11.5. The maximum absolute atomic E-state index is 12.7. The van der Waals surface area contributed by atoms with Crippen molar-refractivity contribution in [2.75, 3.05) is 52.4 Å². The van der Waals surface area contributed by atoms with E-state index >= 15 is 0 Å². The summed E-state index contributed by atoms with van der Waals surface area (Å²) in [6.45, 7) is 11.8. The average molecular weight is 421 g/mol. The molecule has 2 aliphatic heterocycles. The largest absolute Gasteiger partial charge is 0.357 e. The van der Waals surface area contributed by atoms with Crippen LogP contribution in [0.4, 0.5) is 0 Å². The minimum Gasteiger partial charge on any atom is -0.357 e. The Labute approximate surface area is 179 Å². The lowest BCUT2D eigenvalue weighted by Gasteiger charge is -2.37. The third-order valence-corrected chi connectivity index (χ3v) is 6.76. The summed E-state index contributed by atoms with van der Waals surface area (Å²) in [4.78, 5) is 29.9. The molecular formula is C21H36N6OS. The molecule has 1 aromatic rings. The summed E-state index contributed by atoms with van der Waals surface area (Å²) in [5.74, 6) is 1.26. The van der Waals surface area contributed by atoms with Crippen molar-refractivity contribution in [3.05, 3.63) is 16.1 Å². The number of aliphatic imine (C=N–C) groups is 1. The van der Waals surface area contributed by atoms with Crippen LogP contribution in [0.1, 0.15) is 49.4 Å². The zero-order chi connectivity index (χ0) is 20.5. The molecule has 0 radical (unpaired) electrons. The smallest absolute Gasteiger partial charge is 0.236 e. The molecule has 162 valence electrons. The number of carbonyl (C=O) groups is 1. The molecule has 0 saturated carbocycles. The number of thiazole rings is 1. The van der Waals surface area contributed by atoms with Gasteiger partial charge in [-0.2, -0.15) is 0 Å². The van der Waals surface area contributed by atoms with E-state index in [-0.39, 0.29) is 0 Å². The lowest BCUT2D eigenvalue weighted by molar-refractivity contribution is -0.132. The van der Waals surface area contributed by atoms with Crippen LogP contribution in [0.25, 0.3) is 0 Å². The van der Waals surface area contributed by atoms with Crippen molar-refractivity contribution >= 4 is 23.2 Å². The molecule has 0 atom stereocenters. The number of rotatable bonds is 6. The maximum atomic E-state index is 12.7. The van der Waals surface area contributed by atoms with Gasteiger partial charge in [0.1, 0.15) is 5.01 Å². The van der Waals surface area contributed by atoms with Gasteiger partial charge in [-0.25, -0.2) is 9.98 Å². The normalized spacial score (nSPS) is 19.3. The van der Waals surface area contributed by atoms with Gasteiger partial charge in [-0.15, -0.1) is 11.3 Å². The Morgan fingerprint density at radius 1 is 1.07 bits per heavy atom.